The Kier molecular flexibility index (Phi) is 61.6. The summed E-state index contributed by atoms with van der Waals surface area (Å²) in [6.07, 6.45) is 99.6. The molecular formula is C78H122NO8+. The fourth-order valence-corrected chi connectivity index (χ4v) is 8.29. The second-order valence-electron chi connectivity index (χ2n) is 22.7. The van der Waals surface area contributed by atoms with Crippen molar-refractivity contribution in [2.45, 2.75) is 232 Å². The van der Waals surface area contributed by atoms with E-state index in [0.717, 1.165) is 135 Å². The number of esters is 2. The van der Waals surface area contributed by atoms with Gasteiger partial charge in [-0.2, -0.15) is 0 Å². The normalized spacial score (nSPS) is 14.0. The van der Waals surface area contributed by atoms with Crippen LogP contribution in [-0.4, -0.2) is 87.4 Å². The van der Waals surface area contributed by atoms with Crippen molar-refractivity contribution in [2.75, 3.05) is 47.5 Å². The lowest BCUT2D eigenvalue weighted by atomic mass is 10.0. The number of likely N-dealkylation sites (N-methyl/N-ethyl adjacent to an activating group) is 1. The highest BCUT2D eigenvalue weighted by Gasteiger charge is 2.25. The second kappa shape index (κ2) is 66.1. The van der Waals surface area contributed by atoms with E-state index in [2.05, 4.69) is 208 Å². The molecule has 87 heavy (non-hydrogen) atoms. The van der Waals surface area contributed by atoms with Crippen LogP contribution in [0, 0.1) is 0 Å². The number of quaternary nitrogens is 1. The third kappa shape index (κ3) is 67.5. The number of carbonyl (C=O) groups is 3. The summed E-state index contributed by atoms with van der Waals surface area (Å²) < 4.78 is 22.9. The predicted molar refractivity (Wildman–Crippen MR) is 372 cm³/mol. The van der Waals surface area contributed by atoms with E-state index in [9.17, 15) is 19.5 Å². The van der Waals surface area contributed by atoms with Gasteiger partial charge >= 0.3 is 17.9 Å². The van der Waals surface area contributed by atoms with Gasteiger partial charge in [-0.05, 0) is 135 Å². The Morgan fingerprint density at radius 3 is 0.954 bits per heavy atom. The lowest BCUT2D eigenvalue weighted by Gasteiger charge is -2.25. The number of ether oxygens (including phenoxy) is 4. The van der Waals surface area contributed by atoms with E-state index in [1.54, 1.807) is 0 Å². The molecule has 0 amide bonds. The van der Waals surface area contributed by atoms with Crippen molar-refractivity contribution in [3.63, 3.8) is 0 Å². The minimum Gasteiger partial charge on any atom is -0.477 e. The van der Waals surface area contributed by atoms with Crippen LogP contribution in [0.5, 0.6) is 0 Å². The Bertz CT molecular complexity index is 2130. The molecule has 0 radical (unpaired) electrons. The van der Waals surface area contributed by atoms with E-state index < -0.39 is 24.3 Å². The van der Waals surface area contributed by atoms with Crippen molar-refractivity contribution < 1.29 is 42.9 Å². The van der Waals surface area contributed by atoms with Crippen molar-refractivity contribution in [3.8, 4) is 0 Å². The van der Waals surface area contributed by atoms with E-state index in [4.69, 9.17) is 18.9 Å². The third-order valence-corrected chi connectivity index (χ3v) is 13.3. The molecule has 0 aliphatic heterocycles. The Morgan fingerprint density at radius 1 is 0.345 bits per heavy atom. The van der Waals surface area contributed by atoms with Gasteiger partial charge in [-0.15, -0.1) is 0 Å². The zero-order valence-electron chi connectivity index (χ0n) is 55.3. The standard InChI is InChI=1S/C78H121NO8/c1-6-8-10-12-14-16-18-20-22-24-26-28-30-32-34-36-37-38-39-41-42-44-46-48-50-52-54-56-58-60-62-64-66-68-75(80)85-72-74(73-86-78(77(82)83)84-71-70-79(3,4)5)87-76(81)69-67-65-63-61-59-57-55-53-51-49-47-45-43-40-35-33-31-29-27-25-23-21-19-17-15-13-11-9-7-2/h8-11,14-17,20-23,26-29,32-35,37-38,41-43,45,49,51,55,57,61,63,74,78H,6-7,12-13,18-19,24-25,30-31,36,39-40,44,46-48,50,52-54,56,58-60,62,64-73H2,1-5H3/p+1/b10-8-,11-9-,16-14-,17-15-,22-20-,23-21-,28-26-,29-27-,34-32-,35-33-,38-37-,42-41-,45-43-,51-49-,57-55-,63-61-. The van der Waals surface area contributed by atoms with Gasteiger partial charge in [0.1, 0.15) is 13.2 Å². The molecule has 0 rings (SSSR count). The second-order valence-corrected chi connectivity index (χ2v) is 22.7. The van der Waals surface area contributed by atoms with Gasteiger partial charge in [0.2, 0.25) is 0 Å². The van der Waals surface area contributed by atoms with Crippen LogP contribution in [0.25, 0.3) is 0 Å². The van der Waals surface area contributed by atoms with Gasteiger partial charge in [0, 0.05) is 12.8 Å². The van der Waals surface area contributed by atoms with Crippen LogP contribution in [0.1, 0.15) is 219 Å². The largest absolute Gasteiger partial charge is 0.477 e. The molecule has 486 valence electrons. The molecule has 9 nitrogen and oxygen atoms in total. The summed E-state index contributed by atoms with van der Waals surface area (Å²) in [5, 5.41) is 9.74. The number of allylic oxidation sites excluding steroid dienone is 32. The highest BCUT2D eigenvalue weighted by Crippen LogP contribution is 2.14. The zero-order chi connectivity index (χ0) is 63.3. The topological polar surface area (TPSA) is 108 Å². The summed E-state index contributed by atoms with van der Waals surface area (Å²) in [5.74, 6) is -2.11. The number of nitrogens with zero attached hydrogens (tertiary/aromatic N) is 1. The van der Waals surface area contributed by atoms with E-state index in [1.807, 2.05) is 21.1 Å². The van der Waals surface area contributed by atoms with Crippen LogP contribution >= 0.6 is 0 Å². The SMILES string of the molecule is CC/C=C\C/C=C\C/C=C\C/C=C\C/C=C\C/C=C\C/C=C\C/C=C\C/C=C\CCCC(=O)OC(COC(=O)CCCCCCCCCCCCC/C=C\C/C=C\C/C=C\C/C=C\C/C=C\C/C=C\C/C=C\CC)COC(OCC[N+](C)(C)C)C(=O)O. The van der Waals surface area contributed by atoms with Crippen LogP contribution < -0.4 is 0 Å². The molecular weight excluding hydrogens is 1080 g/mol. The van der Waals surface area contributed by atoms with Gasteiger partial charge in [0.25, 0.3) is 6.29 Å². The van der Waals surface area contributed by atoms with Gasteiger partial charge in [-0.25, -0.2) is 4.79 Å². The quantitative estimate of drug-likeness (QED) is 0.0211. The Morgan fingerprint density at radius 2 is 0.632 bits per heavy atom. The van der Waals surface area contributed by atoms with Gasteiger partial charge < -0.3 is 28.5 Å². The van der Waals surface area contributed by atoms with Crippen molar-refractivity contribution in [3.05, 3.63) is 194 Å². The fourth-order valence-electron chi connectivity index (χ4n) is 8.29. The first-order valence-corrected chi connectivity index (χ1v) is 33.6. The summed E-state index contributed by atoms with van der Waals surface area (Å²) >= 11 is 0. The van der Waals surface area contributed by atoms with Gasteiger partial charge in [-0.3, -0.25) is 9.59 Å². The Hall–Kier alpha value is -5.87. The number of unbranched alkanes of at least 4 members (excludes halogenated alkanes) is 12. The summed E-state index contributed by atoms with van der Waals surface area (Å²) in [6, 6.07) is 0. The first kappa shape index (κ1) is 81.1. The van der Waals surface area contributed by atoms with Crippen molar-refractivity contribution in [1.82, 2.24) is 0 Å². The monoisotopic (exact) mass is 1200 g/mol. The van der Waals surface area contributed by atoms with Gasteiger partial charge in [0.05, 0.1) is 34.4 Å². The fraction of sp³-hybridized carbons (Fsp3) is 0.551. The molecule has 0 fully saturated rings. The highest BCUT2D eigenvalue weighted by atomic mass is 16.7. The molecule has 0 aromatic rings. The first-order chi connectivity index (χ1) is 42.6. The molecule has 0 spiro atoms. The molecule has 1 N–H and O–H groups in total. The number of aliphatic carboxylic acids is 1. The number of hydrogen-bond donors (Lipinski definition) is 1. The molecule has 0 aliphatic rings. The van der Waals surface area contributed by atoms with Crippen molar-refractivity contribution >= 4 is 17.9 Å². The van der Waals surface area contributed by atoms with Gasteiger partial charge in [0.15, 0.2) is 6.10 Å². The molecule has 0 saturated heterocycles. The lowest BCUT2D eigenvalue weighted by molar-refractivity contribution is -0.870. The van der Waals surface area contributed by atoms with Crippen LogP contribution in [-0.2, 0) is 33.3 Å². The molecule has 2 atom stereocenters. The molecule has 0 bridgehead atoms. The molecule has 0 saturated carbocycles. The smallest absolute Gasteiger partial charge is 0.361 e. The van der Waals surface area contributed by atoms with E-state index >= 15 is 0 Å². The molecule has 0 aromatic carbocycles. The molecule has 0 aliphatic carbocycles. The summed E-state index contributed by atoms with van der Waals surface area (Å²) in [6.45, 7) is 4.55. The van der Waals surface area contributed by atoms with Crippen LogP contribution in [0.4, 0.5) is 0 Å². The predicted octanol–water partition coefficient (Wildman–Crippen LogP) is 21.0. The first-order valence-electron chi connectivity index (χ1n) is 33.6. The minimum absolute atomic E-state index is 0.165. The summed E-state index contributed by atoms with van der Waals surface area (Å²) in [4.78, 5) is 37.6. The van der Waals surface area contributed by atoms with E-state index in [-0.39, 0.29) is 38.6 Å². The number of carbonyl (C=O) groups excluding carboxylic acids is 2. The Balaban J connectivity index is 4.31. The summed E-state index contributed by atoms with van der Waals surface area (Å²) in [5.41, 5.74) is 0. The molecule has 2 unspecified atom stereocenters. The maximum absolute atomic E-state index is 12.9. The minimum atomic E-state index is -1.54. The summed E-state index contributed by atoms with van der Waals surface area (Å²) in [7, 11) is 5.94. The van der Waals surface area contributed by atoms with Crippen LogP contribution in [0.2, 0.25) is 0 Å². The van der Waals surface area contributed by atoms with Gasteiger partial charge in [-0.1, -0.05) is 266 Å². The lowest BCUT2D eigenvalue weighted by Crippen LogP contribution is -2.40. The third-order valence-electron chi connectivity index (χ3n) is 13.3. The average molecular weight is 1200 g/mol. The number of rotatable bonds is 59. The van der Waals surface area contributed by atoms with E-state index in [0.29, 0.717) is 23.9 Å². The maximum atomic E-state index is 12.9. The van der Waals surface area contributed by atoms with E-state index in [1.165, 1.54) is 44.9 Å². The molecule has 0 aromatic heterocycles. The number of hydrogen-bond acceptors (Lipinski definition) is 7. The highest BCUT2D eigenvalue weighted by molar-refractivity contribution is 5.71. The average Bonchev–Trinajstić information content (AvgIpc) is 3.57. The molecule has 0 heterocycles. The number of carboxylic acid groups (broad SMARTS) is 1. The van der Waals surface area contributed by atoms with Crippen molar-refractivity contribution in [2.24, 2.45) is 0 Å². The maximum Gasteiger partial charge on any atom is 0.361 e. The van der Waals surface area contributed by atoms with Crippen LogP contribution in [0.15, 0.2) is 194 Å². The number of carboxylic acids is 1. The van der Waals surface area contributed by atoms with Crippen molar-refractivity contribution in [1.29, 1.82) is 0 Å². The zero-order valence-corrected chi connectivity index (χ0v) is 55.3. The van der Waals surface area contributed by atoms with Crippen LogP contribution in [0.3, 0.4) is 0 Å². The Labute approximate surface area is 532 Å². The molecule has 9 heteroatoms.